The molecule has 0 amide bonds. The predicted octanol–water partition coefficient (Wildman–Crippen LogP) is 1.67. The lowest BCUT2D eigenvalue weighted by atomic mass is 10.3. The van der Waals surface area contributed by atoms with Gasteiger partial charge in [0.15, 0.2) is 15.8 Å². The summed E-state index contributed by atoms with van der Waals surface area (Å²) in [6, 6.07) is 9.57. The van der Waals surface area contributed by atoms with Crippen molar-refractivity contribution in [1.82, 2.24) is 10.6 Å². The molecule has 0 bridgehead atoms. The average Bonchev–Trinajstić information content (AvgIpc) is 2.52. The molecule has 132 valence electrons. The number of para-hydroxylation sites is 1. The summed E-state index contributed by atoms with van der Waals surface area (Å²) in [6.45, 7) is 5.66. The first-order chi connectivity index (χ1) is 10.6. The minimum Gasteiger partial charge on any atom is -0.492 e. The first-order valence-electron chi connectivity index (χ1n) is 7.48. The largest absolute Gasteiger partial charge is 0.492 e. The molecular formula is C15H26IN3O3S. The Labute approximate surface area is 156 Å². The third kappa shape index (κ3) is 10.4. The number of hydrogen-bond acceptors (Lipinski definition) is 4. The Morgan fingerprint density at radius 2 is 1.87 bits per heavy atom. The van der Waals surface area contributed by atoms with E-state index in [0.29, 0.717) is 25.7 Å². The molecule has 0 saturated heterocycles. The third-order valence-electron chi connectivity index (χ3n) is 2.86. The average molecular weight is 455 g/mol. The van der Waals surface area contributed by atoms with Gasteiger partial charge < -0.3 is 15.4 Å². The molecule has 23 heavy (non-hydrogen) atoms. The van der Waals surface area contributed by atoms with Crippen LogP contribution in [0.2, 0.25) is 0 Å². The van der Waals surface area contributed by atoms with Crippen LogP contribution < -0.4 is 15.4 Å². The summed E-state index contributed by atoms with van der Waals surface area (Å²) in [5.74, 6) is 1.64. The Bertz CT molecular complexity index is 550. The lowest BCUT2D eigenvalue weighted by Crippen LogP contribution is -2.39. The smallest absolute Gasteiger partial charge is 0.191 e. The van der Waals surface area contributed by atoms with Gasteiger partial charge in [-0.05, 0) is 19.1 Å². The molecule has 1 aromatic rings. The van der Waals surface area contributed by atoms with Crippen molar-refractivity contribution < 1.29 is 13.2 Å². The Hall–Kier alpha value is -1.03. The fourth-order valence-corrected chi connectivity index (χ4v) is 2.30. The molecule has 0 atom stereocenters. The molecule has 2 N–H and O–H groups in total. The lowest BCUT2D eigenvalue weighted by molar-refractivity contribution is 0.322. The maximum atomic E-state index is 11.4. The Morgan fingerprint density at radius 1 is 1.17 bits per heavy atom. The number of guanidine groups is 1. The van der Waals surface area contributed by atoms with Gasteiger partial charge in [-0.15, -0.1) is 24.0 Å². The fraction of sp³-hybridized carbons (Fsp3) is 0.533. The van der Waals surface area contributed by atoms with E-state index in [0.717, 1.165) is 5.75 Å². The Morgan fingerprint density at radius 3 is 2.48 bits per heavy atom. The van der Waals surface area contributed by atoms with Gasteiger partial charge in [0.05, 0.1) is 18.8 Å². The van der Waals surface area contributed by atoms with E-state index in [1.165, 1.54) is 0 Å². The second-order valence-corrected chi connectivity index (χ2v) is 7.06. The Balaban J connectivity index is 0.00000484. The van der Waals surface area contributed by atoms with Crippen molar-refractivity contribution in [3.05, 3.63) is 30.3 Å². The molecule has 0 aromatic heterocycles. The van der Waals surface area contributed by atoms with Gasteiger partial charge >= 0.3 is 0 Å². The standard InChI is InChI=1S/C15H25N3O3S.HI/c1-3-16-15(18-11-13-22(19,20)4-2)17-10-12-21-14-8-6-5-7-9-14;/h5-9H,3-4,10-13H2,1-2H3,(H2,16,17,18);1H. The van der Waals surface area contributed by atoms with Crippen LogP contribution >= 0.6 is 24.0 Å². The van der Waals surface area contributed by atoms with Gasteiger partial charge in [0.25, 0.3) is 0 Å². The zero-order chi connectivity index (χ0) is 16.3. The Kier molecular flexibility index (Phi) is 11.8. The molecule has 0 aliphatic rings. The van der Waals surface area contributed by atoms with Crippen molar-refractivity contribution in [3.63, 3.8) is 0 Å². The van der Waals surface area contributed by atoms with E-state index >= 15 is 0 Å². The number of nitrogens with one attached hydrogen (secondary N) is 2. The van der Waals surface area contributed by atoms with E-state index in [9.17, 15) is 8.42 Å². The van der Waals surface area contributed by atoms with Crippen LogP contribution in [0.3, 0.4) is 0 Å². The molecule has 0 saturated carbocycles. The monoisotopic (exact) mass is 455 g/mol. The molecule has 6 nitrogen and oxygen atoms in total. The van der Waals surface area contributed by atoms with Crippen LogP contribution in [-0.2, 0) is 9.84 Å². The zero-order valence-electron chi connectivity index (χ0n) is 13.6. The number of halogens is 1. The van der Waals surface area contributed by atoms with E-state index in [1.54, 1.807) is 6.92 Å². The van der Waals surface area contributed by atoms with Gasteiger partial charge in [-0.2, -0.15) is 0 Å². The van der Waals surface area contributed by atoms with Crippen LogP contribution in [0, 0.1) is 0 Å². The topological polar surface area (TPSA) is 79.8 Å². The molecule has 0 spiro atoms. The van der Waals surface area contributed by atoms with Crippen molar-refractivity contribution >= 4 is 39.8 Å². The summed E-state index contributed by atoms with van der Waals surface area (Å²) in [7, 11) is -2.98. The number of hydrogen-bond donors (Lipinski definition) is 2. The molecule has 0 heterocycles. The van der Waals surface area contributed by atoms with E-state index in [2.05, 4.69) is 15.6 Å². The van der Waals surface area contributed by atoms with Crippen molar-refractivity contribution in [1.29, 1.82) is 0 Å². The van der Waals surface area contributed by atoms with Crippen molar-refractivity contribution in [2.24, 2.45) is 4.99 Å². The highest BCUT2D eigenvalue weighted by Crippen LogP contribution is 2.07. The first-order valence-corrected chi connectivity index (χ1v) is 9.30. The number of ether oxygens (including phenoxy) is 1. The molecular weight excluding hydrogens is 429 g/mol. The highest BCUT2D eigenvalue weighted by Gasteiger charge is 2.06. The van der Waals surface area contributed by atoms with Crippen LogP contribution in [0.25, 0.3) is 0 Å². The summed E-state index contributed by atoms with van der Waals surface area (Å²) >= 11 is 0. The SMILES string of the molecule is CCNC(=NCCS(=O)(=O)CC)NCCOc1ccccc1.I. The van der Waals surface area contributed by atoms with Gasteiger partial charge in [0, 0.05) is 12.3 Å². The van der Waals surface area contributed by atoms with Crippen molar-refractivity contribution in [2.45, 2.75) is 13.8 Å². The van der Waals surface area contributed by atoms with Crippen LogP contribution in [0.15, 0.2) is 35.3 Å². The first kappa shape index (κ1) is 22.0. The number of benzene rings is 1. The molecule has 0 radical (unpaired) electrons. The molecule has 0 unspecified atom stereocenters. The van der Waals surface area contributed by atoms with Crippen molar-refractivity contribution in [2.75, 3.05) is 37.7 Å². The summed E-state index contributed by atoms with van der Waals surface area (Å²) in [5.41, 5.74) is 0. The number of aliphatic imine (C=N–C) groups is 1. The second kappa shape index (κ2) is 12.4. The van der Waals surface area contributed by atoms with Gasteiger partial charge in [-0.3, -0.25) is 4.99 Å². The van der Waals surface area contributed by atoms with Gasteiger partial charge in [-0.1, -0.05) is 25.1 Å². The predicted molar refractivity (Wildman–Crippen MR) is 106 cm³/mol. The zero-order valence-corrected chi connectivity index (χ0v) is 16.8. The van der Waals surface area contributed by atoms with Gasteiger partial charge in [-0.25, -0.2) is 8.42 Å². The van der Waals surface area contributed by atoms with Gasteiger partial charge in [0.2, 0.25) is 0 Å². The summed E-state index contributed by atoms with van der Waals surface area (Å²) in [6.07, 6.45) is 0. The van der Waals surface area contributed by atoms with Crippen LogP contribution in [0.4, 0.5) is 0 Å². The molecule has 1 aromatic carbocycles. The highest BCUT2D eigenvalue weighted by molar-refractivity contribution is 14.0. The highest BCUT2D eigenvalue weighted by atomic mass is 127. The molecule has 0 aliphatic carbocycles. The van der Waals surface area contributed by atoms with Crippen molar-refractivity contribution in [3.8, 4) is 5.75 Å². The van der Waals surface area contributed by atoms with Crippen LogP contribution in [-0.4, -0.2) is 52.1 Å². The van der Waals surface area contributed by atoms with Crippen LogP contribution in [0.5, 0.6) is 5.75 Å². The third-order valence-corrected chi connectivity index (χ3v) is 4.55. The van der Waals surface area contributed by atoms with Gasteiger partial charge in [0.1, 0.15) is 12.4 Å². The number of nitrogens with zero attached hydrogens (tertiary/aromatic N) is 1. The second-order valence-electron chi connectivity index (χ2n) is 4.59. The summed E-state index contributed by atoms with van der Waals surface area (Å²) < 4.78 is 28.4. The minimum absolute atomic E-state index is 0. The molecule has 0 aliphatic heterocycles. The number of rotatable bonds is 9. The summed E-state index contributed by atoms with van der Waals surface area (Å²) in [4.78, 5) is 4.25. The maximum Gasteiger partial charge on any atom is 0.191 e. The van der Waals surface area contributed by atoms with E-state index in [1.807, 2.05) is 37.3 Å². The molecule has 8 heteroatoms. The van der Waals surface area contributed by atoms with Crippen LogP contribution in [0.1, 0.15) is 13.8 Å². The molecule has 0 fully saturated rings. The van der Waals surface area contributed by atoms with E-state index < -0.39 is 9.84 Å². The minimum atomic E-state index is -2.98. The fourth-order valence-electron chi connectivity index (χ4n) is 1.64. The molecule has 1 rings (SSSR count). The maximum absolute atomic E-state index is 11.4. The van der Waals surface area contributed by atoms with E-state index in [4.69, 9.17) is 4.74 Å². The lowest BCUT2D eigenvalue weighted by Gasteiger charge is -2.12. The normalized spacial score (nSPS) is 11.5. The quantitative estimate of drug-likeness (QED) is 0.256. The number of sulfone groups is 1. The van der Waals surface area contributed by atoms with E-state index in [-0.39, 0.29) is 42.0 Å². The summed E-state index contributed by atoms with van der Waals surface area (Å²) in [5, 5.41) is 6.19.